The van der Waals surface area contributed by atoms with Gasteiger partial charge in [-0.15, -0.1) is 11.8 Å². The molecule has 1 spiro atoms. The van der Waals surface area contributed by atoms with Crippen LogP contribution in [0.2, 0.25) is 0 Å². The number of oxime groups is 1. The van der Waals surface area contributed by atoms with Crippen LogP contribution in [0.1, 0.15) is 101 Å². The number of aromatic nitrogens is 4. The number of hydrogen-bond acceptors (Lipinski definition) is 12. The molecule has 1 saturated carbocycles. The van der Waals surface area contributed by atoms with Crippen LogP contribution in [-0.2, 0) is 21.4 Å². The minimum atomic E-state index is -1.14. The monoisotopic (exact) mass is 688 g/mol. The minimum Gasteiger partial charge on any atom is -0.444 e. The van der Waals surface area contributed by atoms with Crippen LogP contribution in [0.3, 0.4) is 0 Å². The molecule has 15 heteroatoms. The first-order chi connectivity index (χ1) is 23.3. The Hall–Kier alpha value is -4.58. The molecule has 4 atom stereocenters. The second-order valence-corrected chi connectivity index (χ2v) is 14.9. The Labute approximate surface area is 288 Å². The normalized spacial score (nSPS) is 23.4. The molecule has 2 aliphatic carbocycles. The topological polar surface area (TPSA) is 190 Å². The molecule has 2 fully saturated rings. The number of nitro groups is 1. The number of ether oxygens (including phenoxy) is 1. The van der Waals surface area contributed by atoms with Gasteiger partial charge in [-0.2, -0.15) is 10.4 Å². The van der Waals surface area contributed by atoms with E-state index in [1.54, 1.807) is 21.8 Å². The number of carbonyl (C=O) groups is 2. The summed E-state index contributed by atoms with van der Waals surface area (Å²) in [4.78, 5) is 50.5. The van der Waals surface area contributed by atoms with Gasteiger partial charge in [0.2, 0.25) is 0 Å². The number of Topliss-reactive ketones (excluding diaryl/α,β-unsaturated/α-hetero) is 1. The van der Waals surface area contributed by atoms with Crippen LogP contribution in [0.5, 0.6) is 0 Å². The number of likely N-dealkylation sites (tertiary alicyclic amines) is 1. The van der Waals surface area contributed by atoms with E-state index in [-0.39, 0.29) is 46.7 Å². The van der Waals surface area contributed by atoms with Crippen LogP contribution < -0.4 is 0 Å². The number of nitro benzene ring substituents is 1. The Morgan fingerprint density at radius 1 is 1.24 bits per heavy atom. The van der Waals surface area contributed by atoms with E-state index in [0.29, 0.717) is 66.7 Å². The Bertz CT molecular complexity index is 1910. The third kappa shape index (κ3) is 5.89. The van der Waals surface area contributed by atoms with Crippen molar-refractivity contribution in [3.8, 4) is 6.07 Å². The maximum Gasteiger partial charge on any atom is 0.410 e. The molecule has 0 bridgehead atoms. The van der Waals surface area contributed by atoms with Crippen molar-refractivity contribution in [2.45, 2.75) is 107 Å². The highest BCUT2D eigenvalue weighted by atomic mass is 32.2. The molecule has 258 valence electrons. The van der Waals surface area contributed by atoms with E-state index in [2.05, 4.69) is 10.3 Å². The van der Waals surface area contributed by atoms with Gasteiger partial charge in [0.1, 0.15) is 28.0 Å². The summed E-state index contributed by atoms with van der Waals surface area (Å²) in [5, 5.41) is 42.1. The zero-order valence-corrected chi connectivity index (χ0v) is 29.1. The quantitative estimate of drug-likeness (QED) is 0.0785. The van der Waals surface area contributed by atoms with Gasteiger partial charge in [-0.3, -0.25) is 14.9 Å². The maximum atomic E-state index is 14.7. The third-order valence-corrected chi connectivity index (χ3v) is 10.8. The number of thioether (sulfide) groups is 1. The Morgan fingerprint density at radius 3 is 2.67 bits per heavy atom. The first-order valence-corrected chi connectivity index (χ1v) is 17.8. The standard InChI is InChI=1S/C34H40N8O6S/c1-19(24-11-8-16-40(24)32(44)48-33(2,3)4)41-30-23(18-36-41)31(49-5)38-29(37-30)27(39-45)21-10-7-15-34(28(21)43)14-6-9-20-12-13-25(42(46)47)22(17-35)26(20)34/h12-13,18-19,21,24,45H,6-11,14-16H2,1-5H3/b39-27-/t19-,21?,24-,34?/m0/s1. The van der Waals surface area contributed by atoms with Crippen LogP contribution >= 0.6 is 11.8 Å². The molecule has 49 heavy (non-hydrogen) atoms. The van der Waals surface area contributed by atoms with Gasteiger partial charge in [0.05, 0.1) is 39.9 Å². The van der Waals surface area contributed by atoms with Gasteiger partial charge < -0.3 is 14.8 Å². The van der Waals surface area contributed by atoms with Gasteiger partial charge in [-0.1, -0.05) is 17.6 Å². The van der Waals surface area contributed by atoms with E-state index >= 15 is 0 Å². The smallest absolute Gasteiger partial charge is 0.410 e. The molecule has 1 amide bonds. The van der Waals surface area contributed by atoms with Crippen molar-refractivity contribution in [3.05, 3.63) is 51.0 Å². The zero-order chi connectivity index (χ0) is 35.2. The van der Waals surface area contributed by atoms with Gasteiger partial charge in [0.15, 0.2) is 17.3 Å². The van der Waals surface area contributed by atoms with Crippen LogP contribution in [0.4, 0.5) is 10.5 Å². The molecule has 6 rings (SSSR count). The predicted octanol–water partition coefficient (Wildman–Crippen LogP) is 6.11. The summed E-state index contributed by atoms with van der Waals surface area (Å²) < 4.78 is 7.44. The van der Waals surface area contributed by atoms with E-state index < -0.39 is 21.9 Å². The number of carbonyl (C=O) groups excluding carboxylic acids is 2. The lowest BCUT2D eigenvalue weighted by Crippen LogP contribution is -2.49. The highest BCUT2D eigenvalue weighted by molar-refractivity contribution is 7.98. The summed E-state index contributed by atoms with van der Waals surface area (Å²) in [6.45, 7) is 8.04. The van der Waals surface area contributed by atoms with E-state index in [1.807, 2.05) is 40.0 Å². The Kier molecular flexibility index (Phi) is 9.12. The maximum absolute atomic E-state index is 14.7. The number of fused-ring (bicyclic) bond motifs is 3. The number of ketones is 1. The molecule has 1 aliphatic heterocycles. The lowest BCUT2D eigenvalue weighted by molar-refractivity contribution is -0.385. The Balaban J connectivity index is 1.40. The SMILES string of the molecule is CSc1nc(/C(=N\O)C2CCCC3(CCCc4ccc([N+](=O)[O-])c(C#N)c43)C2=O)nc2c1cnn2[C@@H](C)[C@@H]1CCCN1C(=O)OC(C)(C)C. The second kappa shape index (κ2) is 13.0. The molecular weight excluding hydrogens is 648 g/mol. The van der Waals surface area contributed by atoms with Crippen molar-refractivity contribution >= 4 is 46.1 Å². The van der Waals surface area contributed by atoms with Gasteiger partial charge in [0, 0.05) is 12.6 Å². The number of nitriles is 1. The first-order valence-electron chi connectivity index (χ1n) is 16.6. The average Bonchev–Trinajstić information content (AvgIpc) is 3.73. The lowest BCUT2D eigenvalue weighted by atomic mass is 9.57. The van der Waals surface area contributed by atoms with E-state index in [0.717, 1.165) is 18.4 Å². The fourth-order valence-corrected chi connectivity index (χ4v) is 8.60. The van der Waals surface area contributed by atoms with Crippen LogP contribution in [0, 0.1) is 27.4 Å². The molecule has 1 aromatic carbocycles. The fourth-order valence-electron chi connectivity index (χ4n) is 8.06. The molecule has 2 aromatic heterocycles. The van der Waals surface area contributed by atoms with Crippen molar-refractivity contribution < 1.29 is 24.5 Å². The molecule has 1 N–H and O–H groups in total. The highest BCUT2D eigenvalue weighted by Gasteiger charge is 2.52. The minimum absolute atomic E-state index is 0.00832. The summed E-state index contributed by atoms with van der Waals surface area (Å²) in [5.74, 6) is -1.08. The zero-order valence-electron chi connectivity index (χ0n) is 28.3. The van der Waals surface area contributed by atoms with Crippen molar-refractivity contribution in [1.29, 1.82) is 5.26 Å². The number of hydrogen-bond donors (Lipinski definition) is 1. The second-order valence-electron chi connectivity index (χ2n) is 14.1. The molecular formula is C34H40N8O6S. The largest absolute Gasteiger partial charge is 0.444 e. The number of benzene rings is 1. The van der Waals surface area contributed by atoms with Gasteiger partial charge in [0.25, 0.3) is 5.69 Å². The fraction of sp³-hybridized carbons (Fsp3) is 0.559. The molecule has 1 saturated heterocycles. The van der Waals surface area contributed by atoms with Crippen LogP contribution in [0.25, 0.3) is 11.0 Å². The molecule has 14 nitrogen and oxygen atoms in total. The van der Waals surface area contributed by atoms with Crippen LogP contribution in [-0.4, -0.2) is 76.8 Å². The summed E-state index contributed by atoms with van der Waals surface area (Å²) in [7, 11) is 0. The molecule has 2 unspecified atom stereocenters. The Morgan fingerprint density at radius 2 is 2.00 bits per heavy atom. The first kappa shape index (κ1) is 34.3. The van der Waals surface area contributed by atoms with Crippen molar-refractivity contribution in [3.63, 3.8) is 0 Å². The van der Waals surface area contributed by atoms with Gasteiger partial charge in [-0.25, -0.2) is 19.4 Å². The number of nitrogens with zero attached hydrogens (tertiary/aromatic N) is 8. The third-order valence-electron chi connectivity index (χ3n) is 10.1. The van der Waals surface area contributed by atoms with Crippen molar-refractivity contribution in [1.82, 2.24) is 24.6 Å². The summed E-state index contributed by atoms with van der Waals surface area (Å²) in [5.41, 5.74) is -0.496. The predicted molar refractivity (Wildman–Crippen MR) is 181 cm³/mol. The number of amides is 1. The van der Waals surface area contributed by atoms with Crippen molar-refractivity contribution in [2.75, 3.05) is 12.8 Å². The highest BCUT2D eigenvalue weighted by Crippen LogP contribution is 2.50. The molecule has 3 aliphatic rings. The van der Waals surface area contributed by atoms with Gasteiger partial charge in [-0.05, 0) is 90.0 Å². The summed E-state index contributed by atoms with van der Waals surface area (Å²) in [6.07, 6.45) is 7.80. The molecule has 0 radical (unpaired) electrons. The number of rotatable bonds is 6. The molecule has 3 aromatic rings. The van der Waals surface area contributed by atoms with Crippen molar-refractivity contribution in [2.24, 2.45) is 11.1 Å². The van der Waals surface area contributed by atoms with Crippen LogP contribution in [0.15, 0.2) is 28.5 Å². The van der Waals surface area contributed by atoms with E-state index in [4.69, 9.17) is 14.7 Å². The lowest BCUT2D eigenvalue weighted by Gasteiger charge is -2.43. The van der Waals surface area contributed by atoms with E-state index in [1.165, 1.54) is 17.8 Å². The molecule has 3 heterocycles. The van der Waals surface area contributed by atoms with E-state index in [9.17, 15) is 30.2 Å². The number of aryl methyl sites for hydroxylation is 1. The average molecular weight is 689 g/mol. The summed E-state index contributed by atoms with van der Waals surface area (Å²) in [6, 6.07) is 4.54. The van der Waals surface area contributed by atoms with Gasteiger partial charge >= 0.3 is 6.09 Å². The summed E-state index contributed by atoms with van der Waals surface area (Å²) >= 11 is 1.37.